The van der Waals surface area contributed by atoms with Gasteiger partial charge in [-0.2, -0.15) is 0 Å². The van der Waals surface area contributed by atoms with Crippen LogP contribution in [0.15, 0.2) is 67.2 Å². The minimum Gasteiger partial charge on any atom is -0.451 e. The third kappa shape index (κ3) is 2.28. The van der Waals surface area contributed by atoms with Crippen LogP contribution in [0.4, 0.5) is 0 Å². The number of hydrogen-bond donors (Lipinski definition) is 0. The smallest absolute Gasteiger partial charge is 0.309 e. The largest absolute Gasteiger partial charge is 0.451 e. The minimum absolute atomic E-state index is 0.0743. The first kappa shape index (κ1) is 14.2. The molecule has 2 saturated heterocycles. The Bertz CT molecular complexity index is 738. The van der Waals surface area contributed by atoms with E-state index in [-0.39, 0.29) is 24.6 Å². The van der Waals surface area contributed by atoms with Crippen LogP contribution in [-0.2, 0) is 14.3 Å². The summed E-state index contributed by atoms with van der Waals surface area (Å²) in [5, 5.41) is 0. The number of carbonyl (C=O) groups excluding carboxylic acids is 1. The quantitative estimate of drug-likeness (QED) is 0.806. The minimum atomic E-state index is -0.751. The lowest BCUT2D eigenvalue weighted by Gasteiger charge is -2.28. The van der Waals surface area contributed by atoms with E-state index in [1.807, 2.05) is 60.7 Å². The fourth-order valence-corrected chi connectivity index (χ4v) is 3.61. The van der Waals surface area contributed by atoms with Crippen molar-refractivity contribution in [1.82, 2.24) is 0 Å². The van der Waals surface area contributed by atoms with Crippen molar-refractivity contribution in [3.63, 3.8) is 0 Å². The summed E-state index contributed by atoms with van der Waals surface area (Å²) in [7, 11) is 0. The Balaban J connectivity index is 1.69. The van der Waals surface area contributed by atoms with Crippen molar-refractivity contribution in [2.24, 2.45) is 0 Å². The summed E-state index contributed by atoms with van der Waals surface area (Å²) in [6.07, 6.45) is 0.554. The summed E-state index contributed by atoms with van der Waals surface area (Å²) in [5.74, 6) is -0.210. The fraction of sp³-hybridized carbons (Fsp3) is 0.250. The van der Waals surface area contributed by atoms with Gasteiger partial charge in [0.25, 0.3) is 0 Å². The lowest BCUT2D eigenvalue weighted by atomic mass is 9.82. The van der Waals surface area contributed by atoms with Crippen LogP contribution in [0, 0.1) is 0 Å². The summed E-state index contributed by atoms with van der Waals surface area (Å²) in [5.41, 5.74) is 2.17. The molecule has 0 spiro atoms. The first-order valence-electron chi connectivity index (χ1n) is 7.86. The van der Waals surface area contributed by atoms with E-state index in [4.69, 9.17) is 9.47 Å². The average Bonchev–Trinajstić information content (AvgIpc) is 3.09. The van der Waals surface area contributed by atoms with Crippen molar-refractivity contribution >= 4 is 11.5 Å². The van der Waals surface area contributed by atoms with Gasteiger partial charge in [-0.1, -0.05) is 67.2 Å². The third-order valence-corrected chi connectivity index (χ3v) is 4.79. The van der Waals surface area contributed by atoms with Gasteiger partial charge in [-0.05, 0) is 16.7 Å². The first-order valence-corrected chi connectivity index (χ1v) is 7.86. The zero-order chi connectivity index (χ0) is 15.9. The van der Waals surface area contributed by atoms with Crippen molar-refractivity contribution in [2.75, 3.05) is 0 Å². The highest BCUT2D eigenvalue weighted by atomic mass is 16.6. The fourth-order valence-electron chi connectivity index (χ4n) is 3.61. The van der Waals surface area contributed by atoms with Crippen LogP contribution >= 0.6 is 0 Å². The van der Waals surface area contributed by atoms with Crippen molar-refractivity contribution in [2.45, 2.75) is 30.7 Å². The SMILES string of the molecule is C=C(c1ccccc1)[C@]12CC(c3ccccc3)OC1CC(=O)O2. The number of rotatable bonds is 3. The number of benzene rings is 2. The molecule has 0 radical (unpaired) electrons. The molecule has 0 aliphatic carbocycles. The Morgan fingerprint density at radius 2 is 1.70 bits per heavy atom. The average molecular weight is 306 g/mol. The number of hydrogen-bond acceptors (Lipinski definition) is 3. The van der Waals surface area contributed by atoms with Gasteiger partial charge >= 0.3 is 5.97 Å². The molecule has 23 heavy (non-hydrogen) atoms. The Morgan fingerprint density at radius 1 is 1.04 bits per heavy atom. The van der Waals surface area contributed by atoms with Gasteiger partial charge in [0.2, 0.25) is 0 Å². The second kappa shape index (κ2) is 5.36. The molecule has 0 N–H and O–H groups in total. The van der Waals surface area contributed by atoms with E-state index in [1.165, 1.54) is 0 Å². The maximum Gasteiger partial charge on any atom is 0.309 e. The van der Waals surface area contributed by atoms with Crippen molar-refractivity contribution in [3.05, 3.63) is 78.4 Å². The Hall–Kier alpha value is -2.39. The molecule has 2 aromatic rings. The molecule has 2 aliphatic rings. The number of ether oxygens (including phenoxy) is 2. The lowest BCUT2D eigenvalue weighted by molar-refractivity contribution is -0.144. The van der Waals surface area contributed by atoms with Gasteiger partial charge in [-0.3, -0.25) is 4.79 Å². The van der Waals surface area contributed by atoms with Crippen molar-refractivity contribution < 1.29 is 14.3 Å². The Morgan fingerprint density at radius 3 is 2.39 bits per heavy atom. The van der Waals surface area contributed by atoms with Crippen LogP contribution in [0.2, 0.25) is 0 Å². The first-order chi connectivity index (χ1) is 11.2. The van der Waals surface area contributed by atoms with E-state index in [1.54, 1.807) is 0 Å². The van der Waals surface area contributed by atoms with Crippen LogP contribution in [0.3, 0.4) is 0 Å². The summed E-state index contributed by atoms with van der Waals surface area (Å²) >= 11 is 0. The molecular weight excluding hydrogens is 288 g/mol. The van der Waals surface area contributed by atoms with Gasteiger partial charge in [0.15, 0.2) is 5.60 Å². The molecule has 2 aliphatic heterocycles. The molecular formula is C20H18O3. The normalized spacial score (nSPS) is 29.1. The highest BCUT2D eigenvalue weighted by molar-refractivity contribution is 5.82. The highest BCUT2D eigenvalue weighted by Gasteiger charge is 2.58. The number of carbonyl (C=O) groups is 1. The van der Waals surface area contributed by atoms with E-state index in [0.29, 0.717) is 6.42 Å². The van der Waals surface area contributed by atoms with E-state index in [0.717, 1.165) is 16.7 Å². The van der Waals surface area contributed by atoms with E-state index < -0.39 is 5.60 Å². The van der Waals surface area contributed by atoms with Crippen LogP contribution in [0.5, 0.6) is 0 Å². The van der Waals surface area contributed by atoms with Gasteiger partial charge in [-0.15, -0.1) is 0 Å². The van der Waals surface area contributed by atoms with Gasteiger partial charge < -0.3 is 9.47 Å². The third-order valence-electron chi connectivity index (χ3n) is 4.79. The molecule has 3 atom stereocenters. The molecule has 3 heteroatoms. The second-order valence-electron chi connectivity index (χ2n) is 6.14. The van der Waals surface area contributed by atoms with Crippen LogP contribution in [0.25, 0.3) is 5.57 Å². The molecule has 2 heterocycles. The predicted molar refractivity (Wildman–Crippen MR) is 87.6 cm³/mol. The summed E-state index contributed by atoms with van der Waals surface area (Å²) in [4.78, 5) is 11.9. The summed E-state index contributed by atoms with van der Waals surface area (Å²) in [6, 6.07) is 20.0. The molecule has 2 unspecified atom stereocenters. The second-order valence-corrected chi connectivity index (χ2v) is 6.14. The molecule has 0 bridgehead atoms. The van der Waals surface area contributed by atoms with Gasteiger partial charge in [0.05, 0.1) is 12.5 Å². The van der Waals surface area contributed by atoms with Gasteiger partial charge in [-0.25, -0.2) is 0 Å². The van der Waals surface area contributed by atoms with E-state index in [2.05, 4.69) is 6.58 Å². The van der Waals surface area contributed by atoms with Gasteiger partial charge in [0.1, 0.15) is 6.10 Å². The standard InChI is InChI=1S/C20H18O3/c1-14(15-8-4-2-5-9-15)20-13-17(16-10-6-3-7-11-16)22-18(20)12-19(21)23-20/h2-11,17-18H,1,12-13H2/t17?,18?,20-/m1/s1. The molecule has 3 nitrogen and oxygen atoms in total. The predicted octanol–water partition coefficient (Wildman–Crippen LogP) is 3.92. The molecule has 0 saturated carbocycles. The van der Waals surface area contributed by atoms with E-state index in [9.17, 15) is 4.79 Å². The Kier molecular flexibility index (Phi) is 3.31. The molecule has 116 valence electrons. The van der Waals surface area contributed by atoms with Crippen molar-refractivity contribution in [1.29, 1.82) is 0 Å². The maximum absolute atomic E-state index is 11.9. The van der Waals surface area contributed by atoms with Crippen LogP contribution in [-0.4, -0.2) is 17.7 Å². The van der Waals surface area contributed by atoms with Gasteiger partial charge in [0, 0.05) is 6.42 Å². The molecule has 4 rings (SSSR count). The zero-order valence-corrected chi connectivity index (χ0v) is 12.8. The maximum atomic E-state index is 11.9. The lowest BCUT2D eigenvalue weighted by Crippen LogP contribution is -2.36. The summed E-state index contributed by atoms with van der Waals surface area (Å²) in [6.45, 7) is 4.25. The molecule has 0 aromatic heterocycles. The monoisotopic (exact) mass is 306 g/mol. The number of esters is 1. The zero-order valence-electron chi connectivity index (χ0n) is 12.8. The summed E-state index contributed by atoms with van der Waals surface area (Å²) < 4.78 is 12.0. The number of fused-ring (bicyclic) bond motifs is 1. The molecule has 0 amide bonds. The molecule has 2 aromatic carbocycles. The van der Waals surface area contributed by atoms with Crippen molar-refractivity contribution in [3.8, 4) is 0 Å². The topological polar surface area (TPSA) is 35.5 Å². The highest BCUT2D eigenvalue weighted by Crippen LogP contribution is 2.52. The van der Waals surface area contributed by atoms with E-state index >= 15 is 0 Å². The molecule has 2 fully saturated rings. The van der Waals surface area contributed by atoms with Crippen LogP contribution in [0.1, 0.15) is 30.1 Å². The Labute approximate surface area is 135 Å². The van der Waals surface area contributed by atoms with Crippen LogP contribution < -0.4 is 0 Å².